The van der Waals surface area contributed by atoms with Gasteiger partial charge >= 0.3 is 6.09 Å². The Bertz CT molecular complexity index is 521. The van der Waals surface area contributed by atoms with Crippen LogP contribution in [-0.4, -0.2) is 34.8 Å². The van der Waals surface area contributed by atoms with Crippen LogP contribution in [0.1, 0.15) is 51.2 Å². The van der Waals surface area contributed by atoms with E-state index >= 15 is 0 Å². The van der Waals surface area contributed by atoms with Gasteiger partial charge in [-0.25, -0.2) is 4.79 Å². The van der Waals surface area contributed by atoms with Crippen LogP contribution in [-0.2, 0) is 11.3 Å². The zero-order valence-corrected chi connectivity index (χ0v) is 14.0. The largest absolute Gasteiger partial charge is 0.444 e. The van der Waals surface area contributed by atoms with E-state index in [2.05, 4.69) is 19.1 Å². The molecule has 0 bridgehead atoms. The molecular weight excluding hydrogens is 278 g/mol. The molecule has 4 nitrogen and oxygen atoms in total. The van der Waals surface area contributed by atoms with E-state index < -0.39 is 5.60 Å². The van der Waals surface area contributed by atoms with Gasteiger partial charge in [-0.3, -0.25) is 0 Å². The first-order valence-corrected chi connectivity index (χ1v) is 7.98. The summed E-state index contributed by atoms with van der Waals surface area (Å²) in [5, 5.41) is 9.28. The maximum absolute atomic E-state index is 12.2. The van der Waals surface area contributed by atoms with E-state index in [1.165, 1.54) is 5.56 Å². The number of likely N-dealkylation sites (tertiary alicyclic amines) is 1. The van der Waals surface area contributed by atoms with E-state index in [0.29, 0.717) is 24.9 Å². The Hall–Kier alpha value is -1.55. The maximum Gasteiger partial charge on any atom is 0.410 e. The Morgan fingerprint density at radius 1 is 1.41 bits per heavy atom. The first-order chi connectivity index (χ1) is 10.3. The molecule has 1 N–H and O–H groups in total. The molecule has 22 heavy (non-hydrogen) atoms. The van der Waals surface area contributed by atoms with Crippen molar-refractivity contribution in [2.45, 2.75) is 52.2 Å². The summed E-state index contributed by atoms with van der Waals surface area (Å²) in [4.78, 5) is 14.0. The zero-order chi connectivity index (χ0) is 16.3. The van der Waals surface area contributed by atoms with E-state index in [1.807, 2.05) is 37.8 Å². The highest BCUT2D eigenvalue weighted by molar-refractivity contribution is 5.68. The van der Waals surface area contributed by atoms with Crippen molar-refractivity contribution in [1.82, 2.24) is 4.90 Å². The topological polar surface area (TPSA) is 49.8 Å². The zero-order valence-electron chi connectivity index (χ0n) is 14.0. The summed E-state index contributed by atoms with van der Waals surface area (Å²) >= 11 is 0. The fourth-order valence-electron chi connectivity index (χ4n) is 3.06. The number of ether oxygens (including phenoxy) is 1. The van der Waals surface area contributed by atoms with Crippen LogP contribution < -0.4 is 0 Å². The summed E-state index contributed by atoms with van der Waals surface area (Å²) in [6.45, 7) is 9.34. The number of benzene rings is 1. The van der Waals surface area contributed by atoms with Gasteiger partial charge in [-0.05, 0) is 50.2 Å². The average Bonchev–Trinajstić information content (AvgIpc) is 2.45. The second kappa shape index (κ2) is 6.69. The highest BCUT2D eigenvalue weighted by Crippen LogP contribution is 2.33. The highest BCUT2D eigenvalue weighted by atomic mass is 16.6. The van der Waals surface area contributed by atoms with Gasteiger partial charge in [0.15, 0.2) is 0 Å². The number of piperidine rings is 1. The molecule has 1 aliphatic rings. The van der Waals surface area contributed by atoms with Gasteiger partial charge in [-0.1, -0.05) is 31.2 Å². The molecule has 1 saturated heterocycles. The Labute approximate surface area is 133 Å². The van der Waals surface area contributed by atoms with Crippen LogP contribution in [0.15, 0.2) is 24.3 Å². The quantitative estimate of drug-likeness (QED) is 0.909. The van der Waals surface area contributed by atoms with E-state index in [4.69, 9.17) is 4.74 Å². The van der Waals surface area contributed by atoms with Gasteiger partial charge in [0.2, 0.25) is 0 Å². The molecule has 122 valence electrons. The fourth-order valence-corrected chi connectivity index (χ4v) is 3.06. The summed E-state index contributed by atoms with van der Waals surface area (Å²) in [7, 11) is 0. The number of aliphatic hydroxyl groups is 1. The fraction of sp³-hybridized carbons (Fsp3) is 0.611. The van der Waals surface area contributed by atoms with E-state index in [-0.39, 0.29) is 12.7 Å². The molecular formula is C18H27NO3. The third-order valence-electron chi connectivity index (χ3n) is 4.12. The SMILES string of the molecule is CC1CN(C(=O)OC(C)(C)C)CCC1c1cccc(CO)c1. The molecule has 0 radical (unpaired) electrons. The molecule has 0 aliphatic carbocycles. The summed E-state index contributed by atoms with van der Waals surface area (Å²) in [6.07, 6.45) is 0.705. The van der Waals surface area contributed by atoms with Crippen molar-refractivity contribution in [3.63, 3.8) is 0 Å². The third-order valence-corrected chi connectivity index (χ3v) is 4.12. The molecule has 1 fully saturated rings. The first-order valence-electron chi connectivity index (χ1n) is 7.98. The molecule has 1 aromatic carbocycles. The van der Waals surface area contributed by atoms with Gasteiger partial charge in [0.25, 0.3) is 0 Å². The van der Waals surface area contributed by atoms with E-state index in [1.54, 1.807) is 0 Å². The van der Waals surface area contributed by atoms with E-state index in [0.717, 1.165) is 12.0 Å². The van der Waals surface area contributed by atoms with Crippen LogP contribution in [0.3, 0.4) is 0 Å². The third kappa shape index (κ3) is 4.23. The van der Waals surface area contributed by atoms with Gasteiger partial charge in [0, 0.05) is 13.1 Å². The predicted molar refractivity (Wildman–Crippen MR) is 86.7 cm³/mol. The number of amides is 1. The lowest BCUT2D eigenvalue weighted by Gasteiger charge is -2.38. The second-order valence-corrected chi connectivity index (χ2v) is 7.20. The van der Waals surface area contributed by atoms with Crippen LogP contribution in [0.4, 0.5) is 4.79 Å². The average molecular weight is 305 g/mol. The number of aliphatic hydroxyl groups excluding tert-OH is 1. The smallest absolute Gasteiger partial charge is 0.410 e. The Kier molecular flexibility index (Phi) is 5.12. The first kappa shape index (κ1) is 16.8. The Morgan fingerprint density at radius 3 is 2.73 bits per heavy atom. The molecule has 0 spiro atoms. The second-order valence-electron chi connectivity index (χ2n) is 7.20. The Morgan fingerprint density at radius 2 is 2.14 bits per heavy atom. The van der Waals surface area contributed by atoms with Crippen LogP contribution in [0, 0.1) is 5.92 Å². The minimum absolute atomic E-state index is 0.0684. The van der Waals surface area contributed by atoms with Crippen LogP contribution in [0.2, 0.25) is 0 Å². The highest BCUT2D eigenvalue weighted by Gasteiger charge is 2.31. The van der Waals surface area contributed by atoms with E-state index in [9.17, 15) is 9.90 Å². The number of hydrogen-bond acceptors (Lipinski definition) is 3. The molecule has 0 aromatic heterocycles. The van der Waals surface area contributed by atoms with Crippen molar-refractivity contribution in [1.29, 1.82) is 0 Å². The van der Waals surface area contributed by atoms with Gasteiger partial charge in [-0.15, -0.1) is 0 Å². The molecule has 2 unspecified atom stereocenters. The van der Waals surface area contributed by atoms with Gasteiger partial charge in [0.1, 0.15) is 5.60 Å². The molecule has 1 amide bonds. The molecule has 1 heterocycles. The van der Waals surface area contributed by atoms with Crippen molar-refractivity contribution >= 4 is 6.09 Å². The lowest BCUT2D eigenvalue weighted by Crippen LogP contribution is -2.44. The summed E-state index contributed by atoms with van der Waals surface area (Å²) in [5.74, 6) is 0.792. The Balaban J connectivity index is 2.02. The van der Waals surface area contributed by atoms with Crippen LogP contribution >= 0.6 is 0 Å². The number of carbonyl (C=O) groups excluding carboxylic acids is 1. The molecule has 0 saturated carbocycles. The minimum atomic E-state index is -0.452. The normalized spacial score (nSPS) is 22.5. The lowest BCUT2D eigenvalue weighted by atomic mass is 9.81. The minimum Gasteiger partial charge on any atom is -0.444 e. The van der Waals surface area contributed by atoms with Crippen LogP contribution in [0.5, 0.6) is 0 Å². The summed E-state index contributed by atoms with van der Waals surface area (Å²) < 4.78 is 5.46. The van der Waals surface area contributed by atoms with Crippen molar-refractivity contribution in [2.75, 3.05) is 13.1 Å². The predicted octanol–water partition coefficient (Wildman–Crippen LogP) is 3.54. The van der Waals surface area contributed by atoms with Crippen molar-refractivity contribution in [3.05, 3.63) is 35.4 Å². The summed E-state index contributed by atoms with van der Waals surface area (Å²) in [5.41, 5.74) is 1.74. The van der Waals surface area contributed by atoms with Crippen LogP contribution in [0.25, 0.3) is 0 Å². The van der Waals surface area contributed by atoms with Crippen molar-refractivity contribution in [3.8, 4) is 0 Å². The van der Waals surface area contributed by atoms with Gasteiger partial charge in [-0.2, -0.15) is 0 Å². The van der Waals surface area contributed by atoms with Gasteiger partial charge in [0.05, 0.1) is 6.61 Å². The molecule has 2 rings (SSSR count). The molecule has 2 atom stereocenters. The lowest BCUT2D eigenvalue weighted by molar-refractivity contribution is 0.0155. The number of rotatable bonds is 2. The summed E-state index contributed by atoms with van der Waals surface area (Å²) in [6, 6.07) is 8.12. The van der Waals surface area contributed by atoms with Crippen molar-refractivity contribution in [2.24, 2.45) is 5.92 Å². The molecule has 1 aliphatic heterocycles. The number of nitrogens with zero attached hydrogens (tertiary/aromatic N) is 1. The number of hydrogen-bond donors (Lipinski definition) is 1. The van der Waals surface area contributed by atoms with Gasteiger partial charge < -0.3 is 14.7 Å². The number of carbonyl (C=O) groups is 1. The maximum atomic E-state index is 12.2. The molecule has 4 heteroatoms. The van der Waals surface area contributed by atoms with Crippen molar-refractivity contribution < 1.29 is 14.6 Å². The standard InChI is InChI=1S/C18H27NO3/c1-13-11-19(17(21)22-18(2,3)4)9-8-16(13)15-7-5-6-14(10-15)12-20/h5-7,10,13,16,20H,8-9,11-12H2,1-4H3. The molecule has 1 aromatic rings. The monoisotopic (exact) mass is 305 g/mol.